The molecule has 2 amide bonds. The first kappa shape index (κ1) is 32.0. The van der Waals surface area contributed by atoms with Crippen LogP contribution in [0.2, 0.25) is 0 Å². The van der Waals surface area contributed by atoms with E-state index in [0.717, 1.165) is 0 Å². The van der Waals surface area contributed by atoms with Crippen molar-refractivity contribution in [3.8, 4) is 0 Å². The van der Waals surface area contributed by atoms with Crippen molar-refractivity contribution in [1.29, 1.82) is 0 Å². The summed E-state index contributed by atoms with van der Waals surface area (Å²) in [5, 5.41) is 8.74. The first-order valence-electron chi connectivity index (χ1n) is 11.4. The van der Waals surface area contributed by atoms with Gasteiger partial charge in [0.05, 0.1) is 79.3 Å². The second-order valence-corrected chi connectivity index (χ2v) is 6.62. The Kier molecular flexibility index (Phi) is 25.6. The molecule has 0 aromatic carbocycles. The van der Waals surface area contributed by atoms with Crippen LogP contribution in [0.5, 0.6) is 0 Å². The molecule has 0 rings (SSSR count). The van der Waals surface area contributed by atoms with Crippen LogP contribution in [0.3, 0.4) is 0 Å². The average molecular weight is 493 g/mol. The van der Waals surface area contributed by atoms with E-state index in [0.29, 0.717) is 92.3 Å². The summed E-state index contributed by atoms with van der Waals surface area (Å²) in [7, 11) is 0. The van der Waals surface area contributed by atoms with Crippen molar-refractivity contribution >= 4 is 11.8 Å². The van der Waals surface area contributed by atoms with Crippen LogP contribution < -0.4 is 16.4 Å². The smallest absolute Gasteiger partial charge is 0.222 e. The number of amides is 2. The zero-order valence-electron chi connectivity index (χ0n) is 19.9. The predicted molar refractivity (Wildman–Crippen MR) is 123 cm³/mol. The summed E-state index contributed by atoms with van der Waals surface area (Å²) in [5.74, 6) is -0.280. The SMILES string of the molecule is [N-]=[N+]=NCCOCCNC(=O)CCOCCNC(=O)CCOCCOCCOCCOCCN. The Balaban J connectivity index is 3.27. The van der Waals surface area contributed by atoms with Gasteiger partial charge >= 0.3 is 0 Å². The summed E-state index contributed by atoms with van der Waals surface area (Å²) in [4.78, 5) is 25.9. The lowest BCUT2D eigenvalue weighted by Crippen LogP contribution is -2.30. The Morgan fingerprint density at radius 3 is 1.53 bits per heavy atom. The van der Waals surface area contributed by atoms with Crippen molar-refractivity contribution in [2.75, 3.05) is 105 Å². The lowest BCUT2D eigenvalue weighted by Gasteiger charge is -2.08. The fourth-order valence-electron chi connectivity index (χ4n) is 2.23. The summed E-state index contributed by atoms with van der Waals surface area (Å²) >= 11 is 0. The minimum atomic E-state index is -0.149. The van der Waals surface area contributed by atoms with Crippen LogP contribution in [-0.2, 0) is 38.0 Å². The highest BCUT2D eigenvalue weighted by atomic mass is 16.6. The minimum absolute atomic E-state index is 0.132. The van der Waals surface area contributed by atoms with Gasteiger partial charge in [-0.1, -0.05) is 5.11 Å². The molecule has 0 aliphatic rings. The van der Waals surface area contributed by atoms with E-state index in [9.17, 15) is 9.59 Å². The minimum Gasteiger partial charge on any atom is -0.379 e. The molecular formula is C20H40N6O8. The van der Waals surface area contributed by atoms with Crippen molar-refractivity contribution in [2.24, 2.45) is 10.8 Å². The molecule has 0 saturated carbocycles. The first-order valence-corrected chi connectivity index (χ1v) is 11.4. The second kappa shape index (κ2) is 27.2. The van der Waals surface area contributed by atoms with Crippen LogP contribution >= 0.6 is 0 Å². The maximum absolute atomic E-state index is 11.7. The molecule has 0 aliphatic heterocycles. The molecule has 0 saturated heterocycles. The van der Waals surface area contributed by atoms with Crippen LogP contribution in [0.15, 0.2) is 5.11 Å². The molecule has 198 valence electrons. The Labute approximate surface area is 200 Å². The van der Waals surface area contributed by atoms with Gasteiger partial charge in [0.1, 0.15) is 0 Å². The lowest BCUT2D eigenvalue weighted by atomic mass is 10.4. The largest absolute Gasteiger partial charge is 0.379 e. The average Bonchev–Trinajstić information content (AvgIpc) is 2.83. The summed E-state index contributed by atoms with van der Waals surface area (Å²) in [6, 6.07) is 0. The van der Waals surface area contributed by atoms with Crippen LogP contribution in [0.4, 0.5) is 0 Å². The van der Waals surface area contributed by atoms with Crippen molar-refractivity contribution < 1.29 is 38.0 Å². The molecule has 0 fully saturated rings. The second-order valence-electron chi connectivity index (χ2n) is 6.62. The molecule has 34 heavy (non-hydrogen) atoms. The molecule has 0 spiro atoms. The maximum atomic E-state index is 11.7. The molecule has 0 aromatic heterocycles. The fourth-order valence-corrected chi connectivity index (χ4v) is 2.23. The van der Waals surface area contributed by atoms with Crippen LogP contribution in [0.25, 0.3) is 10.4 Å². The number of nitrogens with one attached hydrogen (secondary N) is 2. The summed E-state index contributed by atoms with van der Waals surface area (Å²) in [5.41, 5.74) is 13.4. The number of carbonyl (C=O) groups excluding carboxylic acids is 2. The maximum Gasteiger partial charge on any atom is 0.222 e. The van der Waals surface area contributed by atoms with Gasteiger partial charge < -0.3 is 44.8 Å². The normalized spacial score (nSPS) is 10.6. The van der Waals surface area contributed by atoms with Crippen molar-refractivity contribution in [2.45, 2.75) is 12.8 Å². The molecule has 0 bridgehead atoms. The van der Waals surface area contributed by atoms with Crippen LogP contribution in [0, 0.1) is 0 Å². The highest BCUT2D eigenvalue weighted by Crippen LogP contribution is 1.87. The number of azide groups is 1. The van der Waals surface area contributed by atoms with Gasteiger partial charge in [-0.3, -0.25) is 9.59 Å². The highest BCUT2D eigenvalue weighted by Gasteiger charge is 2.03. The van der Waals surface area contributed by atoms with Gasteiger partial charge in [0.15, 0.2) is 0 Å². The number of carbonyl (C=O) groups is 2. The Hall–Kier alpha value is -2.03. The van der Waals surface area contributed by atoms with E-state index >= 15 is 0 Å². The van der Waals surface area contributed by atoms with E-state index in [-0.39, 0.29) is 37.8 Å². The van der Waals surface area contributed by atoms with E-state index in [2.05, 4.69) is 20.7 Å². The van der Waals surface area contributed by atoms with E-state index in [1.165, 1.54) is 0 Å². The molecule has 0 heterocycles. The van der Waals surface area contributed by atoms with Gasteiger partial charge in [-0.15, -0.1) is 0 Å². The van der Waals surface area contributed by atoms with E-state index in [4.69, 9.17) is 39.7 Å². The first-order chi connectivity index (χ1) is 16.7. The van der Waals surface area contributed by atoms with Gasteiger partial charge in [0, 0.05) is 43.9 Å². The Bertz CT molecular complexity index is 537. The predicted octanol–water partition coefficient (Wildman–Crippen LogP) is -0.632. The summed E-state index contributed by atoms with van der Waals surface area (Å²) in [6.45, 7) is 6.40. The zero-order chi connectivity index (χ0) is 25.0. The van der Waals surface area contributed by atoms with Crippen LogP contribution in [0.1, 0.15) is 12.8 Å². The molecular weight excluding hydrogens is 452 g/mol. The Morgan fingerprint density at radius 2 is 1.06 bits per heavy atom. The molecule has 4 N–H and O–H groups in total. The van der Waals surface area contributed by atoms with Crippen molar-refractivity contribution in [3.63, 3.8) is 0 Å². The number of hydrogen-bond donors (Lipinski definition) is 3. The third-order valence-corrected chi connectivity index (χ3v) is 3.86. The fraction of sp³-hybridized carbons (Fsp3) is 0.900. The van der Waals surface area contributed by atoms with E-state index in [1.807, 2.05) is 0 Å². The van der Waals surface area contributed by atoms with Crippen LogP contribution in [-0.4, -0.2) is 117 Å². The summed E-state index contributed by atoms with van der Waals surface area (Å²) < 4.78 is 31.7. The molecule has 0 unspecified atom stereocenters. The van der Waals surface area contributed by atoms with Crippen molar-refractivity contribution in [1.82, 2.24) is 10.6 Å². The van der Waals surface area contributed by atoms with E-state index in [1.54, 1.807) is 0 Å². The number of nitrogens with two attached hydrogens (primary N) is 1. The molecule has 0 aliphatic carbocycles. The highest BCUT2D eigenvalue weighted by molar-refractivity contribution is 5.76. The topological polar surface area (TPSA) is 188 Å². The monoisotopic (exact) mass is 492 g/mol. The Morgan fingerprint density at radius 1 is 0.647 bits per heavy atom. The zero-order valence-corrected chi connectivity index (χ0v) is 19.9. The standard InChI is InChI=1S/C20H40N6O8/c21-3-9-31-14-16-34-18-17-33-15-13-30-8-2-20(28)23-4-10-29-7-1-19(27)24-5-11-32-12-6-25-26-22/h1-18,21H2,(H,23,28)(H,24,27). The third-order valence-electron chi connectivity index (χ3n) is 3.86. The molecule has 0 aromatic rings. The van der Waals surface area contributed by atoms with Gasteiger partial charge in [-0.2, -0.15) is 0 Å². The molecule has 14 nitrogen and oxygen atoms in total. The van der Waals surface area contributed by atoms with Gasteiger partial charge in [-0.05, 0) is 5.53 Å². The lowest BCUT2D eigenvalue weighted by molar-refractivity contribution is -0.124. The van der Waals surface area contributed by atoms with E-state index < -0.39 is 0 Å². The number of ether oxygens (including phenoxy) is 6. The molecule has 0 atom stereocenters. The van der Waals surface area contributed by atoms with Gasteiger partial charge in [0.2, 0.25) is 11.8 Å². The summed E-state index contributed by atoms with van der Waals surface area (Å²) in [6.07, 6.45) is 0.469. The molecule has 14 heteroatoms. The molecule has 0 radical (unpaired) electrons. The number of nitrogens with zero attached hydrogens (tertiary/aromatic N) is 3. The third kappa shape index (κ3) is 26.2. The number of rotatable bonds is 26. The van der Waals surface area contributed by atoms with Gasteiger partial charge in [-0.25, -0.2) is 0 Å². The van der Waals surface area contributed by atoms with Gasteiger partial charge in [0.25, 0.3) is 0 Å². The quantitative estimate of drug-likeness (QED) is 0.0611. The number of hydrogen-bond acceptors (Lipinski definition) is 10. The van der Waals surface area contributed by atoms with Crippen molar-refractivity contribution in [3.05, 3.63) is 10.4 Å².